The summed E-state index contributed by atoms with van der Waals surface area (Å²) in [6.45, 7) is 2.53. The molecule has 2 nitrogen and oxygen atoms in total. The molecule has 1 aliphatic rings. The lowest BCUT2D eigenvalue weighted by Gasteiger charge is -2.26. The Morgan fingerprint density at radius 1 is 1.41 bits per heavy atom. The minimum Gasteiger partial charge on any atom is -0.393 e. The van der Waals surface area contributed by atoms with Gasteiger partial charge in [-0.05, 0) is 49.8 Å². The van der Waals surface area contributed by atoms with Crippen LogP contribution in [0.5, 0.6) is 0 Å². The molecule has 1 aromatic rings. The van der Waals surface area contributed by atoms with Crippen LogP contribution in [0.1, 0.15) is 36.8 Å². The van der Waals surface area contributed by atoms with Crippen molar-refractivity contribution in [3.05, 3.63) is 35.1 Å². The summed E-state index contributed by atoms with van der Waals surface area (Å²) in [5.41, 5.74) is 1.79. The summed E-state index contributed by atoms with van der Waals surface area (Å²) in [6.07, 6.45) is 3.81. The molecule has 2 unspecified atom stereocenters. The highest BCUT2D eigenvalue weighted by atomic mass is 19.1. The van der Waals surface area contributed by atoms with Gasteiger partial charge in [0.2, 0.25) is 0 Å². The van der Waals surface area contributed by atoms with Crippen LogP contribution >= 0.6 is 0 Å². The Hall–Kier alpha value is -0.930. The lowest BCUT2D eigenvalue weighted by atomic mass is 9.93. The fraction of sp³-hybridized carbons (Fsp3) is 0.571. The molecule has 0 aromatic heterocycles. The van der Waals surface area contributed by atoms with Crippen molar-refractivity contribution in [2.75, 3.05) is 0 Å². The Labute approximate surface area is 102 Å². The molecule has 0 radical (unpaired) electrons. The van der Waals surface area contributed by atoms with E-state index in [1.54, 1.807) is 6.92 Å². The highest BCUT2D eigenvalue weighted by Gasteiger charge is 2.19. The number of nitrogens with one attached hydrogen (secondary N) is 1. The van der Waals surface area contributed by atoms with Crippen molar-refractivity contribution in [2.24, 2.45) is 0 Å². The molecule has 0 bridgehead atoms. The van der Waals surface area contributed by atoms with E-state index in [0.717, 1.165) is 37.8 Å². The van der Waals surface area contributed by atoms with Gasteiger partial charge in [0.05, 0.1) is 6.10 Å². The zero-order chi connectivity index (χ0) is 12.3. The maximum Gasteiger partial charge on any atom is 0.126 e. The monoisotopic (exact) mass is 237 g/mol. The first-order valence-electron chi connectivity index (χ1n) is 6.31. The Balaban J connectivity index is 1.86. The molecule has 0 heterocycles. The van der Waals surface area contributed by atoms with Crippen LogP contribution in [-0.4, -0.2) is 17.3 Å². The largest absolute Gasteiger partial charge is 0.393 e. The Morgan fingerprint density at radius 2 is 2.24 bits per heavy atom. The van der Waals surface area contributed by atoms with E-state index >= 15 is 0 Å². The van der Waals surface area contributed by atoms with Crippen LogP contribution in [0.15, 0.2) is 18.2 Å². The van der Waals surface area contributed by atoms with Crippen molar-refractivity contribution in [1.29, 1.82) is 0 Å². The van der Waals surface area contributed by atoms with Gasteiger partial charge >= 0.3 is 0 Å². The van der Waals surface area contributed by atoms with Crippen molar-refractivity contribution < 1.29 is 9.50 Å². The number of hydrogen-bond acceptors (Lipinski definition) is 2. The molecule has 2 N–H and O–H groups in total. The van der Waals surface area contributed by atoms with Gasteiger partial charge < -0.3 is 10.4 Å². The van der Waals surface area contributed by atoms with Gasteiger partial charge in [-0.3, -0.25) is 0 Å². The third kappa shape index (κ3) is 3.51. The van der Waals surface area contributed by atoms with Gasteiger partial charge in [0.15, 0.2) is 0 Å². The first kappa shape index (κ1) is 12.5. The number of halogens is 1. The topological polar surface area (TPSA) is 32.3 Å². The van der Waals surface area contributed by atoms with Gasteiger partial charge in [-0.2, -0.15) is 0 Å². The number of benzene rings is 1. The zero-order valence-electron chi connectivity index (χ0n) is 10.2. The number of aryl methyl sites for hydroxylation is 1. The Morgan fingerprint density at radius 3 is 2.94 bits per heavy atom. The molecular weight excluding hydrogens is 217 g/mol. The molecule has 0 aliphatic heterocycles. The van der Waals surface area contributed by atoms with E-state index in [1.165, 1.54) is 6.07 Å². The maximum atomic E-state index is 13.1. The average Bonchev–Trinajstić information content (AvgIpc) is 2.31. The van der Waals surface area contributed by atoms with E-state index in [0.29, 0.717) is 11.6 Å². The summed E-state index contributed by atoms with van der Waals surface area (Å²) in [5, 5.41) is 13.0. The Kier molecular flexibility index (Phi) is 4.13. The summed E-state index contributed by atoms with van der Waals surface area (Å²) in [5.74, 6) is -0.151. The molecular formula is C14H20FNO. The van der Waals surface area contributed by atoms with Gasteiger partial charge in [-0.25, -0.2) is 4.39 Å². The van der Waals surface area contributed by atoms with Crippen LogP contribution in [0.2, 0.25) is 0 Å². The number of rotatable bonds is 3. The number of aliphatic hydroxyl groups excluding tert-OH is 1. The summed E-state index contributed by atoms with van der Waals surface area (Å²) in [7, 11) is 0. The quantitative estimate of drug-likeness (QED) is 0.846. The number of aliphatic hydroxyl groups is 1. The molecule has 2 rings (SSSR count). The summed E-state index contributed by atoms with van der Waals surface area (Å²) in [6, 6.07) is 5.60. The molecule has 0 spiro atoms. The molecule has 1 aliphatic carbocycles. The standard InChI is InChI=1S/C14H20FNO/c1-10-7-11(5-6-14(10)15)9-16-12-3-2-4-13(17)8-12/h5-7,12-13,16-17H,2-4,8-9H2,1H3. The van der Waals surface area contributed by atoms with E-state index in [4.69, 9.17) is 0 Å². The van der Waals surface area contributed by atoms with E-state index in [1.807, 2.05) is 12.1 Å². The Bertz CT molecular complexity index is 380. The minimum atomic E-state index is -0.156. The van der Waals surface area contributed by atoms with Crippen molar-refractivity contribution in [3.63, 3.8) is 0 Å². The maximum absolute atomic E-state index is 13.1. The first-order chi connectivity index (χ1) is 8.15. The van der Waals surface area contributed by atoms with Gasteiger partial charge in [0.25, 0.3) is 0 Å². The fourth-order valence-corrected chi connectivity index (χ4v) is 2.43. The molecule has 94 valence electrons. The average molecular weight is 237 g/mol. The van der Waals surface area contributed by atoms with Crippen LogP contribution in [0, 0.1) is 12.7 Å². The van der Waals surface area contributed by atoms with Gasteiger partial charge in [-0.15, -0.1) is 0 Å². The van der Waals surface area contributed by atoms with E-state index < -0.39 is 0 Å². The molecule has 17 heavy (non-hydrogen) atoms. The van der Waals surface area contributed by atoms with Crippen molar-refractivity contribution >= 4 is 0 Å². The second-order valence-corrected chi connectivity index (χ2v) is 4.98. The molecule has 1 aromatic carbocycles. The predicted molar refractivity (Wildman–Crippen MR) is 66.2 cm³/mol. The third-order valence-corrected chi connectivity index (χ3v) is 3.46. The second-order valence-electron chi connectivity index (χ2n) is 4.98. The van der Waals surface area contributed by atoms with E-state index in [-0.39, 0.29) is 11.9 Å². The SMILES string of the molecule is Cc1cc(CNC2CCCC(O)C2)ccc1F. The molecule has 0 amide bonds. The van der Waals surface area contributed by atoms with Crippen molar-refractivity contribution in [3.8, 4) is 0 Å². The second kappa shape index (κ2) is 5.61. The van der Waals surface area contributed by atoms with Crippen LogP contribution in [0.3, 0.4) is 0 Å². The van der Waals surface area contributed by atoms with E-state index in [9.17, 15) is 9.50 Å². The zero-order valence-corrected chi connectivity index (χ0v) is 10.2. The molecule has 1 fully saturated rings. The predicted octanol–water partition coefficient (Wildman–Crippen LogP) is 2.53. The smallest absolute Gasteiger partial charge is 0.126 e. The van der Waals surface area contributed by atoms with Gasteiger partial charge in [0.1, 0.15) is 5.82 Å². The molecule has 2 atom stereocenters. The lowest BCUT2D eigenvalue weighted by Crippen LogP contribution is -2.35. The fourth-order valence-electron chi connectivity index (χ4n) is 2.43. The van der Waals surface area contributed by atoms with Crippen LogP contribution in [0.25, 0.3) is 0 Å². The normalized spacial score (nSPS) is 24.9. The first-order valence-corrected chi connectivity index (χ1v) is 6.31. The molecule has 3 heteroatoms. The van der Waals surface area contributed by atoms with Crippen LogP contribution in [0.4, 0.5) is 4.39 Å². The van der Waals surface area contributed by atoms with Crippen LogP contribution < -0.4 is 5.32 Å². The van der Waals surface area contributed by atoms with E-state index in [2.05, 4.69) is 5.32 Å². The highest BCUT2D eigenvalue weighted by molar-refractivity contribution is 5.23. The minimum absolute atomic E-state index is 0.151. The highest BCUT2D eigenvalue weighted by Crippen LogP contribution is 2.19. The number of hydrogen-bond donors (Lipinski definition) is 2. The molecule has 1 saturated carbocycles. The van der Waals surface area contributed by atoms with Crippen molar-refractivity contribution in [1.82, 2.24) is 5.32 Å². The van der Waals surface area contributed by atoms with Crippen molar-refractivity contribution in [2.45, 2.75) is 51.3 Å². The summed E-state index contributed by atoms with van der Waals surface area (Å²) >= 11 is 0. The van der Waals surface area contributed by atoms with Gasteiger partial charge in [-0.1, -0.05) is 12.1 Å². The third-order valence-electron chi connectivity index (χ3n) is 3.46. The van der Waals surface area contributed by atoms with Gasteiger partial charge in [0, 0.05) is 12.6 Å². The molecule has 0 saturated heterocycles. The summed E-state index contributed by atoms with van der Waals surface area (Å²) in [4.78, 5) is 0. The van der Waals surface area contributed by atoms with Crippen LogP contribution in [-0.2, 0) is 6.54 Å². The lowest BCUT2D eigenvalue weighted by molar-refractivity contribution is 0.111. The summed E-state index contributed by atoms with van der Waals surface area (Å²) < 4.78 is 13.1.